The Bertz CT molecular complexity index is 990. The molecule has 29 heavy (non-hydrogen) atoms. The fourth-order valence-electron chi connectivity index (χ4n) is 2.31. The molecule has 2 aromatic carbocycles. The number of methoxy groups -OCH3 is 1. The molecule has 0 saturated heterocycles. The number of nitro benzene ring substituents is 2. The minimum Gasteiger partial charge on any atom is -0.504 e. The van der Waals surface area contributed by atoms with Crippen LogP contribution in [0.1, 0.15) is 11.1 Å². The maximum atomic E-state index is 11.8. The average Bonchev–Trinajstić information content (AvgIpc) is 2.67. The van der Waals surface area contributed by atoms with Gasteiger partial charge in [-0.25, -0.2) is 5.43 Å². The van der Waals surface area contributed by atoms with Gasteiger partial charge in [-0.2, -0.15) is 5.10 Å². The van der Waals surface area contributed by atoms with Gasteiger partial charge in [-0.3, -0.25) is 25.0 Å². The molecule has 0 aliphatic carbocycles. The van der Waals surface area contributed by atoms with Crippen LogP contribution < -0.4 is 14.9 Å². The van der Waals surface area contributed by atoms with E-state index in [1.54, 1.807) is 13.0 Å². The number of nitro groups is 2. The molecule has 0 saturated carbocycles. The number of amides is 1. The number of phenolic OH excluding ortho intramolecular Hbond substituents is 1. The van der Waals surface area contributed by atoms with Gasteiger partial charge < -0.3 is 14.6 Å². The number of aryl methyl sites for hydroxylation is 1. The van der Waals surface area contributed by atoms with Crippen LogP contribution in [0, 0.1) is 27.2 Å². The summed E-state index contributed by atoms with van der Waals surface area (Å²) in [5.74, 6) is -1.60. The Hall–Kier alpha value is -4.22. The Morgan fingerprint density at radius 2 is 1.97 bits per heavy atom. The predicted octanol–water partition coefficient (Wildman–Crippen LogP) is 2.05. The molecule has 2 aromatic rings. The first kappa shape index (κ1) is 21.1. The zero-order valence-electron chi connectivity index (χ0n) is 15.3. The zero-order valence-corrected chi connectivity index (χ0v) is 15.3. The molecule has 0 fully saturated rings. The van der Waals surface area contributed by atoms with Crippen molar-refractivity contribution in [2.45, 2.75) is 6.92 Å². The van der Waals surface area contributed by atoms with E-state index in [-0.39, 0.29) is 22.7 Å². The molecule has 0 aliphatic rings. The monoisotopic (exact) mass is 404 g/mol. The SMILES string of the molecule is COc1c(O)ccc(/C=N\NC(=O)COc2ccc(C)cc2[N+](=O)[O-])c1[N+](=O)[O-]. The number of hydrogen-bond donors (Lipinski definition) is 2. The highest BCUT2D eigenvalue weighted by atomic mass is 16.6. The lowest BCUT2D eigenvalue weighted by Crippen LogP contribution is -2.24. The van der Waals surface area contributed by atoms with Crippen molar-refractivity contribution in [2.75, 3.05) is 13.7 Å². The van der Waals surface area contributed by atoms with Crippen LogP contribution in [0.2, 0.25) is 0 Å². The average molecular weight is 404 g/mol. The van der Waals surface area contributed by atoms with E-state index in [4.69, 9.17) is 9.47 Å². The number of phenols is 1. The largest absolute Gasteiger partial charge is 0.504 e. The van der Waals surface area contributed by atoms with Gasteiger partial charge in [0.2, 0.25) is 5.75 Å². The van der Waals surface area contributed by atoms with Crippen molar-refractivity contribution in [2.24, 2.45) is 5.10 Å². The summed E-state index contributed by atoms with van der Waals surface area (Å²) in [6.07, 6.45) is 0.992. The minimum absolute atomic E-state index is 0.0277. The van der Waals surface area contributed by atoms with Crippen molar-refractivity contribution in [3.63, 3.8) is 0 Å². The molecule has 2 rings (SSSR count). The van der Waals surface area contributed by atoms with Gasteiger partial charge in [0.1, 0.15) is 0 Å². The van der Waals surface area contributed by atoms with Crippen molar-refractivity contribution in [3.05, 3.63) is 61.7 Å². The lowest BCUT2D eigenvalue weighted by molar-refractivity contribution is -0.386. The van der Waals surface area contributed by atoms with Gasteiger partial charge >= 0.3 is 11.4 Å². The molecule has 12 nitrogen and oxygen atoms in total. The van der Waals surface area contributed by atoms with Crippen LogP contribution in [0.3, 0.4) is 0 Å². The number of nitrogens with zero attached hydrogens (tertiary/aromatic N) is 3. The summed E-state index contributed by atoms with van der Waals surface area (Å²) in [6, 6.07) is 6.67. The Labute approximate surface area is 163 Å². The molecule has 0 aliphatic heterocycles. The van der Waals surface area contributed by atoms with Crippen molar-refractivity contribution >= 4 is 23.5 Å². The highest BCUT2D eigenvalue weighted by Gasteiger charge is 2.23. The highest BCUT2D eigenvalue weighted by Crippen LogP contribution is 2.37. The van der Waals surface area contributed by atoms with E-state index in [0.717, 1.165) is 13.3 Å². The second-order valence-electron chi connectivity index (χ2n) is 5.62. The first-order valence-electron chi connectivity index (χ1n) is 7.98. The summed E-state index contributed by atoms with van der Waals surface area (Å²) >= 11 is 0. The molecular weight excluding hydrogens is 388 g/mol. The number of rotatable bonds is 8. The molecule has 152 valence electrons. The number of carbonyl (C=O) groups is 1. The molecule has 0 spiro atoms. The van der Waals surface area contributed by atoms with Crippen LogP contribution in [0.5, 0.6) is 17.2 Å². The van der Waals surface area contributed by atoms with Gasteiger partial charge in [-0.15, -0.1) is 0 Å². The summed E-state index contributed by atoms with van der Waals surface area (Å²) < 4.78 is 9.96. The van der Waals surface area contributed by atoms with Gasteiger partial charge in [-0.05, 0) is 30.7 Å². The summed E-state index contributed by atoms with van der Waals surface area (Å²) in [5, 5.41) is 35.5. The van der Waals surface area contributed by atoms with Crippen LogP contribution in [-0.2, 0) is 4.79 Å². The van der Waals surface area contributed by atoms with Gasteiger partial charge in [-0.1, -0.05) is 6.07 Å². The molecule has 0 aromatic heterocycles. The maximum Gasteiger partial charge on any atom is 0.323 e. The van der Waals surface area contributed by atoms with Crippen LogP contribution in [0.25, 0.3) is 0 Å². The number of ether oxygens (including phenoxy) is 2. The number of carbonyl (C=O) groups excluding carboxylic acids is 1. The van der Waals surface area contributed by atoms with E-state index >= 15 is 0 Å². The van der Waals surface area contributed by atoms with Crippen LogP contribution in [0.4, 0.5) is 11.4 Å². The van der Waals surface area contributed by atoms with E-state index in [1.807, 2.05) is 0 Å². The van der Waals surface area contributed by atoms with E-state index in [2.05, 4.69) is 10.5 Å². The molecule has 0 bridgehead atoms. The summed E-state index contributed by atoms with van der Waals surface area (Å²) in [6.45, 7) is 1.11. The van der Waals surface area contributed by atoms with Gasteiger partial charge in [0.15, 0.2) is 18.1 Å². The number of benzene rings is 2. The zero-order chi connectivity index (χ0) is 21.6. The van der Waals surface area contributed by atoms with Crippen molar-refractivity contribution < 1.29 is 29.2 Å². The fraction of sp³-hybridized carbons (Fsp3) is 0.176. The van der Waals surface area contributed by atoms with Crippen LogP contribution in [-0.4, -0.2) is 40.8 Å². The highest BCUT2D eigenvalue weighted by molar-refractivity contribution is 5.89. The third-order valence-corrected chi connectivity index (χ3v) is 3.59. The Morgan fingerprint density at radius 1 is 1.24 bits per heavy atom. The van der Waals surface area contributed by atoms with Gasteiger partial charge in [0, 0.05) is 6.07 Å². The Morgan fingerprint density at radius 3 is 2.59 bits per heavy atom. The fourth-order valence-corrected chi connectivity index (χ4v) is 2.31. The third-order valence-electron chi connectivity index (χ3n) is 3.59. The van der Waals surface area contributed by atoms with Crippen molar-refractivity contribution in [1.82, 2.24) is 5.43 Å². The normalized spacial score (nSPS) is 10.6. The molecule has 2 N–H and O–H groups in total. The smallest absolute Gasteiger partial charge is 0.323 e. The second kappa shape index (κ2) is 9.12. The Balaban J connectivity index is 2.06. The first-order chi connectivity index (χ1) is 13.7. The predicted molar refractivity (Wildman–Crippen MR) is 100 cm³/mol. The van der Waals surface area contributed by atoms with E-state index in [1.165, 1.54) is 24.3 Å². The Kier molecular flexibility index (Phi) is 6.63. The first-order valence-corrected chi connectivity index (χ1v) is 7.98. The second-order valence-corrected chi connectivity index (χ2v) is 5.62. The molecule has 12 heteroatoms. The van der Waals surface area contributed by atoms with Crippen LogP contribution >= 0.6 is 0 Å². The number of hydrogen-bond acceptors (Lipinski definition) is 9. The number of hydrazone groups is 1. The molecule has 0 radical (unpaired) electrons. The number of aromatic hydroxyl groups is 1. The summed E-state index contributed by atoms with van der Waals surface area (Å²) in [5.41, 5.74) is 1.90. The molecule has 1 amide bonds. The number of nitrogens with one attached hydrogen (secondary N) is 1. The summed E-state index contributed by atoms with van der Waals surface area (Å²) in [4.78, 5) is 32.7. The molecule has 0 heterocycles. The lowest BCUT2D eigenvalue weighted by Gasteiger charge is -2.07. The van der Waals surface area contributed by atoms with Gasteiger partial charge in [0.05, 0.1) is 28.7 Å². The topological polar surface area (TPSA) is 166 Å². The maximum absolute atomic E-state index is 11.8. The standard InChI is InChI=1S/C17H16N4O8/c1-10-3-6-14(12(7-10)20(24)25)29-9-15(23)19-18-8-11-4-5-13(22)17(28-2)16(11)21(26)27/h3-8,22H,9H2,1-2H3,(H,19,23)/b18-8-. The minimum atomic E-state index is -0.763. The van der Waals surface area contributed by atoms with Gasteiger partial charge in [0.25, 0.3) is 5.91 Å². The lowest BCUT2D eigenvalue weighted by atomic mass is 10.1. The summed E-state index contributed by atoms with van der Waals surface area (Å²) in [7, 11) is 1.16. The van der Waals surface area contributed by atoms with Crippen molar-refractivity contribution in [3.8, 4) is 17.2 Å². The third kappa shape index (κ3) is 5.15. The van der Waals surface area contributed by atoms with Crippen LogP contribution in [0.15, 0.2) is 35.4 Å². The van der Waals surface area contributed by atoms with E-state index < -0.39 is 33.8 Å². The molecule has 0 atom stereocenters. The van der Waals surface area contributed by atoms with E-state index in [0.29, 0.717) is 5.56 Å². The van der Waals surface area contributed by atoms with E-state index in [9.17, 15) is 30.1 Å². The van der Waals surface area contributed by atoms with Crippen molar-refractivity contribution in [1.29, 1.82) is 0 Å². The molecule has 0 unspecified atom stereocenters. The quantitative estimate of drug-likeness (QED) is 0.383. The molecular formula is C17H16N4O8.